The van der Waals surface area contributed by atoms with Crippen molar-refractivity contribution in [3.05, 3.63) is 59.4 Å². The van der Waals surface area contributed by atoms with E-state index < -0.39 is 10.0 Å². The molecule has 0 radical (unpaired) electrons. The zero-order valence-corrected chi connectivity index (χ0v) is 12.7. The van der Waals surface area contributed by atoms with Gasteiger partial charge in [-0.15, -0.1) is 0 Å². The lowest BCUT2D eigenvalue weighted by molar-refractivity contribution is 0.580. The smallest absolute Gasteiger partial charge is 0.241 e. The number of hydrogen-bond acceptors (Lipinski definition) is 4. The van der Waals surface area contributed by atoms with Crippen molar-refractivity contribution in [2.24, 2.45) is 5.73 Å². The molecule has 2 rings (SSSR count). The SMILES string of the molecule is CCc1ccc(CN)cc1S(=O)(=O)NCc1cccnc1. The molecule has 0 saturated carbocycles. The number of rotatable bonds is 6. The molecule has 0 aliphatic rings. The summed E-state index contributed by atoms with van der Waals surface area (Å²) in [5.74, 6) is 0. The predicted molar refractivity (Wildman–Crippen MR) is 82.0 cm³/mol. The highest BCUT2D eigenvalue weighted by atomic mass is 32.2. The third-order valence-corrected chi connectivity index (χ3v) is 4.71. The number of sulfonamides is 1. The molecule has 0 spiro atoms. The maximum atomic E-state index is 12.5. The molecule has 0 unspecified atom stereocenters. The van der Waals surface area contributed by atoms with Crippen molar-refractivity contribution in [1.82, 2.24) is 9.71 Å². The summed E-state index contributed by atoms with van der Waals surface area (Å²) in [6.45, 7) is 2.46. The van der Waals surface area contributed by atoms with Crippen LogP contribution < -0.4 is 10.5 Å². The molecule has 5 nitrogen and oxygen atoms in total. The average Bonchev–Trinajstić information content (AvgIpc) is 2.53. The first-order valence-electron chi connectivity index (χ1n) is 6.77. The largest absolute Gasteiger partial charge is 0.326 e. The van der Waals surface area contributed by atoms with E-state index in [9.17, 15) is 8.42 Å². The van der Waals surface area contributed by atoms with Crippen LogP contribution in [-0.4, -0.2) is 13.4 Å². The monoisotopic (exact) mass is 305 g/mol. The summed E-state index contributed by atoms with van der Waals surface area (Å²) in [5.41, 5.74) is 7.99. The third-order valence-electron chi connectivity index (χ3n) is 3.23. The Morgan fingerprint density at radius 1 is 1.24 bits per heavy atom. The minimum absolute atomic E-state index is 0.214. The van der Waals surface area contributed by atoms with Crippen LogP contribution in [0.15, 0.2) is 47.6 Å². The number of nitrogens with two attached hydrogens (primary N) is 1. The summed E-state index contributed by atoms with van der Waals surface area (Å²) in [6, 6.07) is 8.92. The van der Waals surface area contributed by atoms with Crippen LogP contribution in [-0.2, 0) is 29.5 Å². The quantitative estimate of drug-likeness (QED) is 0.848. The number of hydrogen-bond donors (Lipinski definition) is 2. The van der Waals surface area contributed by atoms with Crippen LogP contribution in [0.25, 0.3) is 0 Å². The van der Waals surface area contributed by atoms with Gasteiger partial charge in [0.15, 0.2) is 0 Å². The van der Waals surface area contributed by atoms with E-state index in [-0.39, 0.29) is 6.54 Å². The number of pyridine rings is 1. The van der Waals surface area contributed by atoms with Gasteiger partial charge in [-0.1, -0.05) is 25.1 Å². The number of aromatic nitrogens is 1. The number of nitrogens with zero attached hydrogens (tertiary/aromatic N) is 1. The fourth-order valence-corrected chi connectivity index (χ4v) is 3.40. The zero-order valence-electron chi connectivity index (χ0n) is 11.9. The highest BCUT2D eigenvalue weighted by Gasteiger charge is 2.18. The maximum absolute atomic E-state index is 12.5. The Bertz CT molecular complexity index is 700. The molecule has 6 heteroatoms. The van der Waals surface area contributed by atoms with E-state index in [2.05, 4.69) is 9.71 Å². The van der Waals surface area contributed by atoms with Crippen LogP contribution in [0.3, 0.4) is 0 Å². The standard InChI is InChI=1S/C15H19N3O2S/c1-2-14-6-5-12(9-16)8-15(14)21(19,20)18-11-13-4-3-7-17-10-13/h3-8,10,18H,2,9,11,16H2,1H3. The zero-order chi connectivity index (χ0) is 15.3. The van der Waals surface area contributed by atoms with Crippen molar-refractivity contribution in [3.63, 3.8) is 0 Å². The molecule has 0 aliphatic heterocycles. The van der Waals surface area contributed by atoms with Gasteiger partial charge in [0.25, 0.3) is 0 Å². The van der Waals surface area contributed by atoms with Crippen molar-refractivity contribution in [3.8, 4) is 0 Å². The molecular formula is C15H19N3O2S. The molecule has 3 N–H and O–H groups in total. The van der Waals surface area contributed by atoms with E-state index in [1.807, 2.05) is 25.1 Å². The first-order chi connectivity index (χ1) is 10.1. The average molecular weight is 305 g/mol. The van der Waals surface area contributed by atoms with Gasteiger partial charge in [0.05, 0.1) is 4.90 Å². The molecular weight excluding hydrogens is 286 g/mol. The second-order valence-corrected chi connectivity index (χ2v) is 6.42. The second-order valence-electron chi connectivity index (χ2n) is 4.69. The normalized spacial score (nSPS) is 11.5. The molecule has 112 valence electrons. The Morgan fingerprint density at radius 2 is 2.05 bits per heavy atom. The Hall–Kier alpha value is -1.76. The van der Waals surface area contributed by atoms with Gasteiger partial charge in [0.1, 0.15) is 0 Å². The molecule has 0 aliphatic carbocycles. The second kappa shape index (κ2) is 6.80. The van der Waals surface area contributed by atoms with Gasteiger partial charge in [-0.05, 0) is 35.2 Å². The van der Waals surface area contributed by atoms with Crippen LogP contribution in [0.1, 0.15) is 23.6 Å². The van der Waals surface area contributed by atoms with Gasteiger partial charge in [-0.3, -0.25) is 4.98 Å². The van der Waals surface area contributed by atoms with Crippen molar-refractivity contribution in [2.75, 3.05) is 0 Å². The van der Waals surface area contributed by atoms with Gasteiger partial charge in [-0.2, -0.15) is 0 Å². The van der Waals surface area contributed by atoms with Gasteiger partial charge >= 0.3 is 0 Å². The number of aryl methyl sites for hydroxylation is 1. The predicted octanol–water partition coefficient (Wildman–Crippen LogP) is 1.58. The minimum atomic E-state index is -3.57. The van der Waals surface area contributed by atoms with Crippen LogP contribution >= 0.6 is 0 Å². The van der Waals surface area contributed by atoms with Crippen molar-refractivity contribution < 1.29 is 8.42 Å². The van der Waals surface area contributed by atoms with E-state index in [1.165, 1.54) is 0 Å². The van der Waals surface area contributed by atoms with Crippen LogP contribution in [0.2, 0.25) is 0 Å². The van der Waals surface area contributed by atoms with E-state index in [1.54, 1.807) is 24.5 Å². The lowest BCUT2D eigenvalue weighted by Gasteiger charge is -2.12. The molecule has 0 fully saturated rings. The van der Waals surface area contributed by atoms with E-state index in [4.69, 9.17) is 5.73 Å². The molecule has 0 amide bonds. The summed E-state index contributed by atoms with van der Waals surface area (Å²) in [4.78, 5) is 4.27. The molecule has 1 aromatic carbocycles. The topological polar surface area (TPSA) is 85.1 Å². The van der Waals surface area contributed by atoms with Gasteiger partial charge in [0, 0.05) is 25.5 Å². The Balaban J connectivity index is 2.26. The van der Waals surface area contributed by atoms with Crippen molar-refractivity contribution in [2.45, 2.75) is 31.3 Å². The van der Waals surface area contributed by atoms with Crippen LogP contribution in [0.5, 0.6) is 0 Å². The molecule has 0 atom stereocenters. The fraction of sp³-hybridized carbons (Fsp3) is 0.267. The van der Waals surface area contributed by atoms with Crippen molar-refractivity contribution >= 4 is 10.0 Å². The lowest BCUT2D eigenvalue weighted by Crippen LogP contribution is -2.24. The fourth-order valence-electron chi connectivity index (χ4n) is 2.03. The molecule has 1 aromatic heterocycles. The first-order valence-corrected chi connectivity index (χ1v) is 8.25. The molecule has 21 heavy (non-hydrogen) atoms. The van der Waals surface area contributed by atoms with Gasteiger partial charge in [-0.25, -0.2) is 13.1 Å². The first kappa shape index (κ1) is 15.6. The Kier molecular flexibility index (Phi) is 5.06. The summed E-state index contributed by atoms with van der Waals surface area (Å²) in [6.07, 6.45) is 3.94. The van der Waals surface area contributed by atoms with Gasteiger partial charge < -0.3 is 5.73 Å². The molecule has 2 aromatic rings. The maximum Gasteiger partial charge on any atom is 0.241 e. The van der Waals surface area contributed by atoms with Crippen molar-refractivity contribution in [1.29, 1.82) is 0 Å². The highest BCUT2D eigenvalue weighted by Crippen LogP contribution is 2.18. The van der Waals surface area contributed by atoms with E-state index in [0.717, 1.165) is 16.7 Å². The minimum Gasteiger partial charge on any atom is -0.326 e. The van der Waals surface area contributed by atoms with Gasteiger partial charge in [0.2, 0.25) is 10.0 Å². The van der Waals surface area contributed by atoms with Crippen LogP contribution in [0, 0.1) is 0 Å². The number of benzene rings is 1. The summed E-state index contributed by atoms with van der Waals surface area (Å²) < 4.78 is 27.6. The molecule has 0 saturated heterocycles. The molecule has 1 heterocycles. The Labute approximate surface area is 125 Å². The summed E-state index contributed by atoms with van der Waals surface area (Å²) >= 11 is 0. The summed E-state index contributed by atoms with van der Waals surface area (Å²) in [5, 5.41) is 0. The molecule has 0 bridgehead atoms. The van der Waals surface area contributed by atoms with E-state index in [0.29, 0.717) is 17.9 Å². The van der Waals surface area contributed by atoms with E-state index >= 15 is 0 Å². The lowest BCUT2D eigenvalue weighted by atomic mass is 10.1. The highest BCUT2D eigenvalue weighted by molar-refractivity contribution is 7.89. The number of nitrogens with one attached hydrogen (secondary N) is 1. The Morgan fingerprint density at radius 3 is 2.67 bits per heavy atom. The third kappa shape index (κ3) is 3.87. The van der Waals surface area contributed by atoms with Crippen LogP contribution in [0.4, 0.5) is 0 Å². The summed E-state index contributed by atoms with van der Waals surface area (Å²) in [7, 11) is -3.57.